The minimum absolute atomic E-state index is 0.0143. The Kier molecular flexibility index (Phi) is 3.46. The largest absolute Gasteiger partial charge is 0.481 e. The fourth-order valence-corrected chi connectivity index (χ4v) is 1.65. The molecule has 0 saturated heterocycles. The second kappa shape index (κ2) is 5.05. The number of benzene rings is 1. The first-order valence-electron chi connectivity index (χ1n) is 5.49. The van der Waals surface area contributed by atoms with Crippen LogP contribution in [0.4, 0.5) is 14.6 Å². The molecular weight excluding hydrogens is 256 g/mol. The molecule has 0 aliphatic heterocycles. The summed E-state index contributed by atoms with van der Waals surface area (Å²) in [6, 6.07) is 4.50. The highest BCUT2D eigenvalue weighted by molar-refractivity contribution is 5.67. The number of nitrogens with zero attached hydrogens (tertiary/aromatic N) is 2. The number of halogens is 2. The lowest BCUT2D eigenvalue weighted by Crippen LogP contribution is -2.05. The van der Waals surface area contributed by atoms with Gasteiger partial charge in [-0.15, -0.1) is 0 Å². The van der Waals surface area contributed by atoms with E-state index in [0.29, 0.717) is 5.69 Å². The molecule has 0 unspecified atom stereocenters. The Morgan fingerprint density at radius 2 is 2.11 bits per heavy atom. The first kappa shape index (κ1) is 13.0. The van der Waals surface area contributed by atoms with Gasteiger partial charge in [-0.1, -0.05) is 0 Å². The Balaban J connectivity index is 2.32. The molecule has 0 fully saturated rings. The van der Waals surface area contributed by atoms with Gasteiger partial charge in [0.1, 0.15) is 17.3 Å². The number of aromatic nitrogens is 2. The van der Waals surface area contributed by atoms with Crippen molar-refractivity contribution in [3.8, 4) is 5.69 Å². The van der Waals surface area contributed by atoms with Crippen LogP contribution in [0.5, 0.6) is 0 Å². The summed E-state index contributed by atoms with van der Waals surface area (Å²) in [7, 11) is 0. The van der Waals surface area contributed by atoms with Crippen LogP contribution in [0.15, 0.2) is 24.3 Å². The van der Waals surface area contributed by atoms with E-state index in [9.17, 15) is 13.6 Å². The van der Waals surface area contributed by atoms with Gasteiger partial charge in [-0.05, 0) is 12.1 Å². The molecule has 0 amide bonds. The fraction of sp³-hybridized carbons (Fsp3) is 0.167. The summed E-state index contributed by atoms with van der Waals surface area (Å²) in [6.07, 6.45) is 0.0949. The van der Waals surface area contributed by atoms with E-state index in [-0.39, 0.29) is 24.3 Å². The number of nitrogens with two attached hydrogens (primary N) is 1. The Labute approximate surface area is 107 Å². The van der Waals surface area contributed by atoms with Gasteiger partial charge in [0.25, 0.3) is 0 Å². The number of anilines is 1. The summed E-state index contributed by atoms with van der Waals surface area (Å²) in [5.74, 6) is -2.29. The Morgan fingerprint density at radius 1 is 1.37 bits per heavy atom. The predicted molar refractivity (Wildman–Crippen MR) is 63.8 cm³/mol. The van der Waals surface area contributed by atoms with Gasteiger partial charge in [0, 0.05) is 18.6 Å². The molecule has 0 aliphatic carbocycles. The van der Waals surface area contributed by atoms with E-state index in [0.717, 1.165) is 16.8 Å². The van der Waals surface area contributed by atoms with Crippen molar-refractivity contribution >= 4 is 11.8 Å². The van der Waals surface area contributed by atoms with Crippen LogP contribution in [0, 0.1) is 11.6 Å². The van der Waals surface area contributed by atoms with Crippen molar-refractivity contribution in [2.75, 3.05) is 5.73 Å². The molecule has 0 atom stereocenters. The van der Waals surface area contributed by atoms with Gasteiger partial charge in [0.15, 0.2) is 5.82 Å². The van der Waals surface area contributed by atoms with Gasteiger partial charge in [-0.25, -0.2) is 13.5 Å². The molecule has 19 heavy (non-hydrogen) atoms. The number of nitrogen functional groups attached to an aromatic ring is 1. The zero-order chi connectivity index (χ0) is 14.0. The number of hydrogen-bond donors (Lipinski definition) is 2. The lowest BCUT2D eigenvalue weighted by Gasteiger charge is -2.05. The maximum Gasteiger partial charge on any atom is 0.303 e. The van der Waals surface area contributed by atoms with Crippen molar-refractivity contribution < 1.29 is 18.7 Å². The molecular formula is C12H11F2N3O2. The molecule has 1 aromatic heterocycles. The van der Waals surface area contributed by atoms with E-state index in [4.69, 9.17) is 10.8 Å². The first-order valence-corrected chi connectivity index (χ1v) is 5.49. The predicted octanol–water partition coefficient (Wildman–Crippen LogP) is 1.75. The monoisotopic (exact) mass is 267 g/mol. The molecule has 100 valence electrons. The van der Waals surface area contributed by atoms with Crippen LogP contribution in [-0.2, 0) is 11.2 Å². The summed E-state index contributed by atoms with van der Waals surface area (Å²) in [4.78, 5) is 10.5. The summed E-state index contributed by atoms with van der Waals surface area (Å²) >= 11 is 0. The van der Waals surface area contributed by atoms with Crippen LogP contribution in [0.1, 0.15) is 12.1 Å². The van der Waals surface area contributed by atoms with E-state index in [1.165, 1.54) is 12.1 Å². The number of carbonyl (C=O) groups is 1. The third-order valence-electron chi connectivity index (χ3n) is 2.52. The second-order valence-electron chi connectivity index (χ2n) is 3.96. The third-order valence-corrected chi connectivity index (χ3v) is 2.52. The molecule has 0 spiro atoms. The Bertz CT molecular complexity index is 625. The zero-order valence-corrected chi connectivity index (χ0v) is 9.81. The van der Waals surface area contributed by atoms with E-state index >= 15 is 0 Å². The maximum atomic E-state index is 13.6. The molecule has 3 N–H and O–H groups in total. The second-order valence-corrected chi connectivity index (χ2v) is 3.96. The Morgan fingerprint density at radius 3 is 2.74 bits per heavy atom. The minimum Gasteiger partial charge on any atom is -0.481 e. The highest BCUT2D eigenvalue weighted by Gasteiger charge is 2.12. The topological polar surface area (TPSA) is 81.1 Å². The normalized spacial score (nSPS) is 10.6. The number of aryl methyl sites for hydroxylation is 1. The number of carboxylic acids is 1. The van der Waals surface area contributed by atoms with Crippen LogP contribution in [0.25, 0.3) is 5.69 Å². The Hall–Kier alpha value is -2.44. The van der Waals surface area contributed by atoms with E-state index in [2.05, 4.69) is 5.10 Å². The average Bonchev–Trinajstić information content (AvgIpc) is 2.68. The lowest BCUT2D eigenvalue weighted by molar-refractivity contribution is -0.136. The standard InChI is InChI=1S/C12H11F2N3O2/c13-7-1-3-10(9(14)5-7)17-11(15)6-8(16-17)2-4-12(18)19/h1,3,5-6H,2,4,15H2,(H,18,19). The van der Waals surface area contributed by atoms with E-state index in [1.54, 1.807) is 0 Å². The SMILES string of the molecule is Nc1cc(CCC(=O)O)nn1-c1ccc(F)cc1F. The average molecular weight is 267 g/mol. The van der Waals surface area contributed by atoms with Crippen molar-refractivity contribution in [3.05, 3.63) is 41.6 Å². The van der Waals surface area contributed by atoms with Crippen molar-refractivity contribution in [3.63, 3.8) is 0 Å². The van der Waals surface area contributed by atoms with Crippen molar-refractivity contribution in [1.29, 1.82) is 0 Å². The van der Waals surface area contributed by atoms with Gasteiger partial charge in [0.05, 0.1) is 12.1 Å². The summed E-state index contributed by atoms with van der Waals surface area (Å²) in [5.41, 5.74) is 6.13. The molecule has 7 heteroatoms. The van der Waals surface area contributed by atoms with Gasteiger partial charge < -0.3 is 10.8 Å². The van der Waals surface area contributed by atoms with E-state index < -0.39 is 17.6 Å². The summed E-state index contributed by atoms with van der Waals surface area (Å²) in [5, 5.41) is 12.6. The molecule has 2 aromatic rings. The van der Waals surface area contributed by atoms with Crippen molar-refractivity contribution in [2.24, 2.45) is 0 Å². The molecule has 0 bridgehead atoms. The van der Waals surface area contributed by atoms with Gasteiger partial charge in [-0.3, -0.25) is 4.79 Å². The number of carboxylic acid groups (broad SMARTS) is 1. The van der Waals surface area contributed by atoms with Gasteiger partial charge >= 0.3 is 5.97 Å². The zero-order valence-electron chi connectivity index (χ0n) is 9.81. The maximum absolute atomic E-state index is 13.6. The first-order chi connectivity index (χ1) is 8.97. The molecule has 0 aliphatic rings. The van der Waals surface area contributed by atoms with E-state index in [1.807, 2.05) is 0 Å². The van der Waals surface area contributed by atoms with Gasteiger partial charge in [-0.2, -0.15) is 5.10 Å². The van der Waals surface area contributed by atoms with Crippen LogP contribution < -0.4 is 5.73 Å². The van der Waals surface area contributed by atoms with Crippen molar-refractivity contribution in [1.82, 2.24) is 9.78 Å². The number of rotatable bonds is 4. The van der Waals surface area contributed by atoms with Crippen LogP contribution in [0.2, 0.25) is 0 Å². The highest BCUT2D eigenvalue weighted by atomic mass is 19.1. The van der Waals surface area contributed by atoms with Crippen LogP contribution in [-0.4, -0.2) is 20.9 Å². The van der Waals surface area contributed by atoms with Crippen LogP contribution >= 0.6 is 0 Å². The number of hydrogen-bond acceptors (Lipinski definition) is 3. The third kappa shape index (κ3) is 2.87. The van der Waals surface area contributed by atoms with Crippen molar-refractivity contribution in [2.45, 2.75) is 12.8 Å². The quantitative estimate of drug-likeness (QED) is 0.884. The molecule has 0 radical (unpaired) electrons. The number of aliphatic carboxylic acids is 1. The molecule has 0 saturated carbocycles. The van der Waals surface area contributed by atoms with Gasteiger partial charge in [0.2, 0.25) is 0 Å². The summed E-state index contributed by atoms with van der Waals surface area (Å²) in [6.45, 7) is 0. The summed E-state index contributed by atoms with van der Waals surface area (Å²) < 4.78 is 27.5. The smallest absolute Gasteiger partial charge is 0.303 e. The molecule has 5 nitrogen and oxygen atoms in total. The molecule has 2 rings (SSSR count). The molecule has 1 aromatic carbocycles. The highest BCUT2D eigenvalue weighted by Crippen LogP contribution is 2.19. The molecule has 1 heterocycles. The lowest BCUT2D eigenvalue weighted by atomic mass is 10.2. The van der Waals surface area contributed by atoms with Crippen LogP contribution in [0.3, 0.4) is 0 Å². The minimum atomic E-state index is -0.957. The fourth-order valence-electron chi connectivity index (χ4n) is 1.65.